The van der Waals surface area contributed by atoms with Crippen molar-refractivity contribution in [1.29, 1.82) is 0 Å². The SMILES string of the molecule is C[C@@H](N)CCC(F)(F)C(F)F. The predicted molar refractivity (Wildman–Crippen MR) is 33.8 cm³/mol. The van der Waals surface area contributed by atoms with E-state index in [1.165, 1.54) is 6.92 Å². The summed E-state index contributed by atoms with van der Waals surface area (Å²) in [7, 11) is 0. The molecule has 0 saturated carbocycles. The molecule has 0 aliphatic heterocycles. The lowest BCUT2D eigenvalue weighted by Crippen LogP contribution is -2.29. The Kier molecular flexibility index (Phi) is 3.78. The van der Waals surface area contributed by atoms with E-state index in [9.17, 15) is 17.6 Å². The molecular weight excluding hydrogens is 162 g/mol. The van der Waals surface area contributed by atoms with Crippen LogP contribution < -0.4 is 5.73 Å². The summed E-state index contributed by atoms with van der Waals surface area (Å²) in [6, 6.07) is -0.459. The highest BCUT2D eigenvalue weighted by molar-refractivity contribution is 4.70. The summed E-state index contributed by atoms with van der Waals surface area (Å²) in [4.78, 5) is 0. The second-order valence-corrected chi connectivity index (χ2v) is 2.58. The summed E-state index contributed by atoms with van der Waals surface area (Å²) in [6.45, 7) is 1.50. The third kappa shape index (κ3) is 4.19. The number of hydrogen-bond acceptors (Lipinski definition) is 1. The Morgan fingerprint density at radius 3 is 2.09 bits per heavy atom. The number of hydrogen-bond donors (Lipinski definition) is 1. The normalized spacial score (nSPS) is 15.5. The molecule has 0 unspecified atom stereocenters. The molecule has 0 heterocycles. The molecule has 0 rings (SSSR count). The Hall–Kier alpha value is -0.320. The van der Waals surface area contributed by atoms with Crippen LogP contribution in [-0.4, -0.2) is 18.4 Å². The molecule has 5 heteroatoms. The molecule has 0 fully saturated rings. The van der Waals surface area contributed by atoms with Crippen molar-refractivity contribution >= 4 is 0 Å². The van der Waals surface area contributed by atoms with Gasteiger partial charge in [0.15, 0.2) is 0 Å². The minimum absolute atomic E-state index is 0.0860. The number of rotatable bonds is 4. The predicted octanol–water partition coefficient (Wildman–Crippen LogP) is 2.01. The molecule has 0 aromatic carbocycles. The fraction of sp³-hybridized carbons (Fsp3) is 1.00. The molecule has 0 aliphatic carbocycles. The van der Waals surface area contributed by atoms with Gasteiger partial charge < -0.3 is 5.73 Å². The summed E-state index contributed by atoms with van der Waals surface area (Å²) in [5.74, 6) is -3.88. The molecule has 68 valence electrons. The van der Waals surface area contributed by atoms with Gasteiger partial charge in [-0.15, -0.1) is 0 Å². The molecule has 0 bridgehead atoms. The van der Waals surface area contributed by atoms with E-state index < -0.39 is 24.8 Å². The van der Waals surface area contributed by atoms with E-state index in [2.05, 4.69) is 0 Å². The molecule has 0 spiro atoms. The summed E-state index contributed by atoms with van der Waals surface area (Å²) in [6.07, 6.45) is -4.51. The van der Waals surface area contributed by atoms with E-state index in [1.807, 2.05) is 0 Å². The van der Waals surface area contributed by atoms with Crippen LogP contribution in [-0.2, 0) is 0 Å². The van der Waals surface area contributed by atoms with Crippen molar-refractivity contribution < 1.29 is 17.6 Å². The number of nitrogens with two attached hydrogens (primary N) is 1. The molecule has 0 aromatic rings. The van der Waals surface area contributed by atoms with Gasteiger partial charge in [0, 0.05) is 12.5 Å². The van der Waals surface area contributed by atoms with Crippen LogP contribution in [0.25, 0.3) is 0 Å². The Morgan fingerprint density at radius 2 is 1.82 bits per heavy atom. The summed E-state index contributed by atoms with van der Waals surface area (Å²) >= 11 is 0. The highest BCUT2D eigenvalue weighted by Crippen LogP contribution is 2.28. The molecule has 1 nitrogen and oxygen atoms in total. The van der Waals surface area contributed by atoms with Gasteiger partial charge in [-0.05, 0) is 13.3 Å². The van der Waals surface area contributed by atoms with E-state index in [-0.39, 0.29) is 6.42 Å². The van der Waals surface area contributed by atoms with Crippen LogP contribution >= 0.6 is 0 Å². The molecule has 0 saturated heterocycles. The molecule has 0 aliphatic rings. The maximum Gasteiger partial charge on any atom is 0.307 e. The molecule has 1 atom stereocenters. The van der Waals surface area contributed by atoms with Crippen LogP contribution in [0.2, 0.25) is 0 Å². The fourth-order valence-corrected chi connectivity index (χ4v) is 0.529. The average molecular weight is 173 g/mol. The molecule has 2 N–H and O–H groups in total. The summed E-state index contributed by atoms with van der Waals surface area (Å²) in [5, 5.41) is 0. The minimum Gasteiger partial charge on any atom is -0.328 e. The molecule has 0 aromatic heterocycles. The lowest BCUT2D eigenvalue weighted by molar-refractivity contribution is -0.134. The van der Waals surface area contributed by atoms with Crippen LogP contribution in [0.1, 0.15) is 19.8 Å². The van der Waals surface area contributed by atoms with Crippen molar-refractivity contribution in [3.05, 3.63) is 0 Å². The van der Waals surface area contributed by atoms with Crippen molar-refractivity contribution in [3.8, 4) is 0 Å². The monoisotopic (exact) mass is 173 g/mol. The highest BCUT2D eigenvalue weighted by atomic mass is 19.3. The van der Waals surface area contributed by atoms with E-state index in [0.717, 1.165) is 0 Å². The van der Waals surface area contributed by atoms with Gasteiger partial charge in [-0.1, -0.05) is 0 Å². The van der Waals surface area contributed by atoms with E-state index in [4.69, 9.17) is 5.73 Å². The first-order valence-corrected chi connectivity index (χ1v) is 3.28. The third-order valence-electron chi connectivity index (χ3n) is 1.25. The fourth-order valence-electron chi connectivity index (χ4n) is 0.529. The molecule has 0 amide bonds. The zero-order valence-electron chi connectivity index (χ0n) is 6.16. The van der Waals surface area contributed by atoms with E-state index >= 15 is 0 Å². The maximum atomic E-state index is 12.1. The highest BCUT2D eigenvalue weighted by Gasteiger charge is 2.39. The molecule has 11 heavy (non-hydrogen) atoms. The third-order valence-corrected chi connectivity index (χ3v) is 1.25. The standard InChI is InChI=1S/C6H11F4N/c1-4(11)2-3-6(9,10)5(7)8/h4-5H,2-3,11H2,1H3/t4-/m1/s1. The maximum absolute atomic E-state index is 12.1. The lowest BCUT2D eigenvalue weighted by Gasteiger charge is -2.15. The van der Waals surface area contributed by atoms with Crippen molar-refractivity contribution in [3.63, 3.8) is 0 Å². The molecular formula is C6H11F4N. The minimum atomic E-state index is -3.88. The van der Waals surface area contributed by atoms with Crippen LogP contribution in [0, 0.1) is 0 Å². The number of alkyl halides is 4. The quantitative estimate of drug-likeness (QED) is 0.646. The largest absolute Gasteiger partial charge is 0.328 e. The lowest BCUT2D eigenvalue weighted by atomic mass is 10.1. The van der Waals surface area contributed by atoms with Crippen molar-refractivity contribution in [2.45, 2.75) is 38.2 Å². The Balaban J connectivity index is 3.73. The first-order chi connectivity index (χ1) is 4.86. The zero-order valence-corrected chi connectivity index (χ0v) is 6.16. The van der Waals surface area contributed by atoms with Crippen LogP contribution in [0.4, 0.5) is 17.6 Å². The van der Waals surface area contributed by atoms with Gasteiger partial charge in [0.25, 0.3) is 0 Å². The smallest absolute Gasteiger partial charge is 0.307 e. The van der Waals surface area contributed by atoms with Gasteiger partial charge in [-0.25, -0.2) is 17.6 Å². The summed E-state index contributed by atoms with van der Waals surface area (Å²) < 4.78 is 47.1. The van der Waals surface area contributed by atoms with Gasteiger partial charge in [0.1, 0.15) is 0 Å². The van der Waals surface area contributed by atoms with Crippen LogP contribution in [0.5, 0.6) is 0 Å². The average Bonchev–Trinajstić information content (AvgIpc) is 1.84. The first kappa shape index (κ1) is 10.7. The van der Waals surface area contributed by atoms with E-state index in [0.29, 0.717) is 0 Å². The van der Waals surface area contributed by atoms with Gasteiger partial charge in [-0.2, -0.15) is 0 Å². The van der Waals surface area contributed by atoms with Crippen molar-refractivity contribution in [2.75, 3.05) is 0 Å². The Labute approximate surface area is 62.6 Å². The van der Waals surface area contributed by atoms with E-state index in [1.54, 1.807) is 0 Å². The second-order valence-electron chi connectivity index (χ2n) is 2.58. The van der Waals surface area contributed by atoms with Gasteiger partial charge >= 0.3 is 12.3 Å². The topological polar surface area (TPSA) is 26.0 Å². The number of halogens is 4. The van der Waals surface area contributed by atoms with Crippen molar-refractivity contribution in [2.24, 2.45) is 5.73 Å². The Bertz CT molecular complexity index is 113. The van der Waals surface area contributed by atoms with Gasteiger partial charge in [0.2, 0.25) is 0 Å². The first-order valence-electron chi connectivity index (χ1n) is 3.28. The summed E-state index contributed by atoms with van der Waals surface area (Å²) in [5.41, 5.74) is 5.12. The van der Waals surface area contributed by atoms with Gasteiger partial charge in [0.05, 0.1) is 0 Å². The van der Waals surface area contributed by atoms with Crippen LogP contribution in [0.3, 0.4) is 0 Å². The second kappa shape index (κ2) is 3.90. The Morgan fingerprint density at radius 1 is 1.36 bits per heavy atom. The molecule has 0 radical (unpaired) electrons. The van der Waals surface area contributed by atoms with Crippen LogP contribution in [0.15, 0.2) is 0 Å². The van der Waals surface area contributed by atoms with Gasteiger partial charge in [-0.3, -0.25) is 0 Å². The zero-order chi connectivity index (χ0) is 9.07. The van der Waals surface area contributed by atoms with Crippen molar-refractivity contribution in [1.82, 2.24) is 0 Å².